The molecular weight excluding hydrogens is 372 g/mol. The van der Waals surface area contributed by atoms with Crippen molar-refractivity contribution < 1.29 is 0 Å². The van der Waals surface area contributed by atoms with E-state index in [0.717, 1.165) is 24.5 Å². The topological polar surface area (TPSA) is 48.1 Å². The highest BCUT2D eigenvalue weighted by molar-refractivity contribution is 7.80. The molecule has 4 nitrogen and oxygen atoms in total. The van der Waals surface area contributed by atoms with Gasteiger partial charge in [0, 0.05) is 24.5 Å². The third-order valence-electron chi connectivity index (χ3n) is 4.01. The van der Waals surface area contributed by atoms with E-state index in [9.17, 15) is 0 Å². The van der Waals surface area contributed by atoms with Gasteiger partial charge in [0.15, 0.2) is 10.2 Å². The van der Waals surface area contributed by atoms with Gasteiger partial charge < -0.3 is 21.3 Å². The number of benzene rings is 2. The molecule has 4 N–H and O–H groups in total. The summed E-state index contributed by atoms with van der Waals surface area (Å²) in [4.78, 5) is 0. The van der Waals surface area contributed by atoms with Gasteiger partial charge in [0.05, 0.1) is 0 Å². The summed E-state index contributed by atoms with van der Waals surface area (Å²) >= 11 is 10.8. The van der Waals surface area contributed by atoms with E-state index >= 15 is 0 Å². The van der Waals surface area contributed by atoms with Gasteiger partial charge in [-0.2, -0.15) is 0 Å². The van der Waals surface area contributed by atoms with Gasteiger partial charge in [0.25, 0.3) is 0 Å². The van der Waals surface area contributed by atoms with Gasteiger partial charge in [-0.25, -0.2) is 0 Å². The Labute approximate surface area is 173 Å². The Morgan fingerprint density at radius 1 is 0.778 bits per heavy atom. The third-order valence-corrected chi connectivity index (χ3v) is 4.50. The lowest BCUT2D eigenvalue weighted by Crippen LogP contribution is -2.44. The molecule has 0 spiro atoms. The molecule has 0 bridgehead atoms. The van der Waals surface area contributed by atoms with Gasteiger partial charge in [-0.3, -0.25) is 0 Å². The minimum Gasteiger partial charge on any atom is -0.362 e. The quantitative estimate of drug-likeness (QED) is 0.532. The molecule has 0 aliphatic rings. The van der Waals surface area contributed by atoms with Gasteiger partial charge in [0.1, 0.15) is 0 Å². The first-order valence-electron chi connectivity index (χ1n) is 8.97. The zero-order chi connectivity index (χ0) is 19.9. The first-order chi connectivity index (χ1) is 12.7. The van der Waals surface area contributed by atoms with E-state index < -0.39 is 0 Å². The third kappa shape index (κ3) is 7.93. The lowest BCUT2D eigenvalue weighted by Gasteiger charge is -2.27. The van der Waals surface area contributed by atoms with Crippen LogP contribution in [0.1, 0.15) is 25.0 Å². The molecular formula is C21H28N4S2. The molecule has 2 aromatic carbocycles. The summed E-state index contributed by atoms with van der Waals surface area (Å²) in [5.41, 5.74) is 4.35. The predicted octanol–water partition coefficient (Wildman–Crippen LogP) is 4.60. The highest BCUT2D eigenvalue weighted by atomic mass is 32.1. The number of nitrogens with one attached hydrogen (secondary N) is 4. The molecule has 0 saturated carbocycles. The van der Waals surface area contributed by atoms with E-state index in [0.29, 0.717) is 10.2 Å². The number of hydrogen-bond acceptors (Lipinski definition) is 2. The van der Waals surface area contributed by atoms with Gasteiger partial charge in [0.2, 0.25) is 0 Å². The molecule has 6 heteroatoms. The first kappa shape index (κ1) is 21.1. The van der Waals surface area contributed by atoms with Crippen molar-refractivity contribution in [2.45, 2.75) is 27.7 Å². The van der Waals surface area contributed by atoms with E-state index in [1.54, 1.807) is 0 Å². The van der Waals surface area contributed by atoms with Crippen LogP contribution in [0.3, 0.4) is 0 Å². The van der Waals surface area contributed by atoms with Crippen molar-refractivity contribution in [2.24, 2.45) is 5.41 Å². The number of hydrogen-bond donors (Lipinski definition) is 4. The molecule has 144 valence electrons. The second-order valence-corrected chi connectivity index (χ2v) is 8.34. The maximum atomic E-state index is 5.40. The number of anilines is 2. The smallest absolute Gasteiger partial charge is 0.170 e. The summed E-state index contributed by atoms with van der Waals surface area (Å²) < 4.78 is 0. The SMILES string of the molecule is Cc1cccc(NC(=S)NCC(C)(C)CNC(=S)Nc2cccc(C)c2)c1. The normalized spacial score (nSPS) is 10.8. The molecule has 0 radical (unpaired) electrons. The molecule has 0 atom stereocenters. The summed E-state index contributed by atoms with van der Waals surface area (Å²) in [6.45, 7) is 9.90. The van der Waals surface area contributed by atoms with Crippen molar-refractivity contribution in [3.8, 4) is 0 Å². The molecule has 27 heavy (non-hydrogen) atoms. The van der Waals surface area contributed by atoms with Crippen molar-refractivity contribution in [1.82, 2.24) is 10.6 Å². The molecule has 2 rings (SSSR count). The summed E-state index contributed by atoms with van der Waals surface area (Å²) in [5.74, 6) is 0. The number of rotatable bonds is 6. The summed E-state index contributed by atoms with van der Waals surface area (Å²) in [6, 6.07) is 16.3. The Morgan fingerprint density at radius 2 is 1.19 bits per heavy atom. The summed E-state index contributed by atoms with van der Waals surface area (Å²) in [7, 11) is 0. The van der Waals surface area contributed by atoms with Crippen LogP contribution in [0, 0.1) is 19.3 Å². The molecule has 0 aliphatic carbocycles. The van der Waals surface area contributed by atoms with E-state index in [2.05, 4.69) is 73.2 Å². The van der Waals surface area contributed by atoms with Crippen molar-refractivity contribution in [3.63, 3.8) is 0 Å². The number of thiocarbonyl (C=S) groups is 2. The Hall–Kier alpha value is -2.18. The van der Waals surface area contributed by atoms with Gasteiger partial charge >= 0.3 is 0 Å². The van der Waals surface area contributed by atoms with Crippen molar-refractivity contribution in [1.29, 1.82) is 0 Å². The molecule has 0 saturated heterocycles. The highest BCUT2D eigenvalue weighted by Crippen LogP contribution is 2.14. The monoisotopic (exact) mass is 400 g/mol. The first-order valence-corrected chi connectivity index (χ1v) is 9.78. The van der Waals surface area contributed by atoms with E-state index in [4.69, 9.17) is 24.4 Å². The fraction of sp³-hybridized carbons (Fsp3) is 0.333. The van der Waals surface area contributed by atoms with E-state index in [-0.39, 0.29) is 5.41 Å². The van der Waals surface area contributed by atoms with Gasteiger partial charge in [-0.05, 0) is 79.1 Å². The fourth-order valence-corrected chi connectivity index (χ4v) is 2.88. The van der Waals surface area contributed by atoms with Crippen LogP contribution in [0.25, 0.3) is 0 Å². The van der Waals surface area contributed by atoms with Gasteiger partial charge in [-0.15, -0.1) is 0 Å². The summed E-state index contributed by atoms with van der Waals surface area (Å²) in [5, 5.41) is 14.3. The average molecular weight is 401 g/mol. The molecule has 0 fully saturated rings. The maximum absolute atomic E-state index is 5.40. The zero-order valence-electron chi connectivity index (χ0n) is 16.3. The molecule has 0 aromatic heterocycles. The summed E-state index contributed by atoms with van der Waals surface area (Å²) in [6.07, 6.45) is 0. The number of aryl methyl sites for hydroxylation is 2. The fourth-order valence-electron chi connectivity index (χ4n) is 2.50. The van der Waals surface area contributed by atoms with Crippen molar-refractivity contribution in [2.75, 3.05) is 23.7 Å². The van der Waals surface area contributed by atoms with Crippen LogP contribution in [0.4, 0.5) is 11.4 Å². The van der Waals surface area contributed by atoms with Gasteiger partial charge in [-0.1, -0.05) is 38.1 Å². The lowest BCUT2D eigenvalue weighted by atomic mass is 9.93. The average Bonchev–Trinajstić information content (AvgIpc) is 2.59. The Bertz CT molecular complexity index is 737. The van der Waals surface area contributed by atoms with E-state index in [1.165, 1.54) is 11.1 Å². The van der Waals surface area contributed by atoms with Crippen LogP contribution in [-0.4, -0.2) is 23.3 Å². The predicted molar refractivity (Wildman–Crippen MR) is 125 cm³/mol. The second kappa shape index (κ2) is 9.67. The van der Waals surface area contributed by atoms with Crippen LogP contribution < -0.4 is 21.3 Å². The van der Waals surface area contributed by atoms with Crippen LogP contribution in [-0.2, 0) is 0 Å². The Balaban J connectivity index is 1.75. The van der Waals surface area contributed by atoms with Crippen molar-refractivity contribution >= 4 is 46.0 Å². The van der Waals surface area contributed by atoms with E-state index in [1.807, 2.05) is 24.3 Å². The van der Waals surface area contributed by atoms with Crippen LogP contribution in [0.15, 0.2) is 48.5 Å². The highest BCUT2D eigenvalue weighted by Gasteiger charge is 2.18. The van der Waals surface area contributed by atoms with Crippen molar-refractivity contribution in [3.05, 3.63) is 59.7 Å². The second-order valence-electron chi connectivity index (χ2n) is 7.52. The Morgan fingerprint density at radius 3 is 1.56 bits per heavy atom. The Kier molecular flexibility index (Phi) is 7.56. The molecule has 0 unspecified atom stereocenters. The minimum absolute atomic E-state index is 0.0311. The molecule has 0 amide bonds. The lowest BCUT2D eigenvalue weighted by molar-refractivity contribution is 0.362. The minimum atomic E-state index is -0.0311. The van der Waals surface area contributed by atoms with Crippen LogP contribution in [0.2, 0.25) is 0 Å². The molecule has 0 aliphatic heterocycles. The molecule has 0 heterocycles. The zero-order valence-corrected chi connectivity index (χ0v) is 18.0. The largest absolute Gasteiger partial charge is 0.362 e. The standard InChI is InChI=1S/C21H28N4S2/c1-15-7-5-9-17(11-15)24-19(26)22-13-21(3,4)14-23-20(27)25-18-10-6-8-16(2)12-18/h5-12H,13-14H2,1-4H3,(H2,22,24,26)(H2,23,25,27). The maximum Gasteiger partial charge on any atom is 0.170 e. The molecule has 2 aromatic rings. The van der Waals surface area contributed by atoms with Crippen LogP contribution >= 0.6 is 24.4 Å². The van der Waals surface area contributed by atoms with Crippen LogP contribution in [0.5, 0.6) is 0 Å².